The number of benzene rings is 1. The summed E-state index contributed by atoms with van der Waals surface area (Å²) in [6, 6.07) is 5.60. The van der Waals surface area contributed by atoms with Crippen LogP contribution in [-0.4, -0.2) is 18.3 Å². The van der Waals surface area contributed by atoms with Gasteiger partial charge in [0.25, 0.3) is 0 Å². The second-order valence-corrected chi connectivity index (χ2v) is 4.46. The Morgan fingerprint density at radius 2 is 2.06 bits per heavy atom. The fraction of sp³-hybridized carbons (Fsp3) is 0.429. The van der Waals surface area contributed by atoms with Crippen molar-refractivity contribution in [2.75, 3.05) is 13.2 Å². The third-order valence-corrected chi connectivity index (χ3v) is 3.00. The van der Waals surface area contributed by atoms with E-state index in [1.54, 1.807) is 0 Å². The van der Waals surface area contributed by atoms with Crippen molar-refractivity contribution >= 4 is 0 Å². The van der Waals surface area contributed by atoms with E-state index in [0.717, 1.165) is 17.7 Å². The van der Waals surface area contributed by atoms with E-state index in [4.69, 9.17) is 9.47 Å². The lowest BCUT2D eigenvalue weighted by molar-refractivity contribution is 0.0481. The van der Waals surface area contributed by atoms with E-state index in [1.165, 1.54) is 0 Å². The molecule has 1 aliphatic heterocycles. The zero-order chi connectivity index (χ0) is 12.3. The van der Waals surface area contributed by atoms with Gasteiger partial charge in [-0.1, -0.05) is 12.1 Å². The van der Waals surface area contributed by atoms with Crippen LogP contribution in [-0.2, 0) is 5.60 Å². The highest BCUT2D eigenvalue weighted by molar-refractivity contribution is 5.45. The predicted molar refractivity (Wildman–Crippen MR) is 66.4 cm³/mol. The predicted octanol–water partition coefficient (Wildman–Crippen LogP) is 2.63. The molecule has 92 valence electrons. The van der Waals surface area contributed by atoms with Crippen molar-refractivity contribution in [3.8, 4) is 11.5 Å². The molecule has 0 spiro atoms. The van der Waals surface area contributed by atoms with Crippen molar-refractivity contribution in [3.05, 3.63) is 36.4 Å². The Morgan fingerprint density at radius 3 is 2.76 bits per heavy atom. The van der Waals surface area contributed by atoms with Gasteiger partial charge in [0.05, 0.1) is 5.60 Å². The molecule has 0 saturated heterocycles. The zero-order valence-electron chi connectivity index (χ0n) is 10.1. The summed E-state index contributed by atoms with van der Waals surface area (Å²) in [5.74, 6) is 1.46. The molecule has 0 aromatic heterocycles. The summed E-state index contributed by atoms with van der Waals surface area (Å²) in [6.45, 7) is 6.62. The van der Waals surface area contributed by atoms with Crippen LogP contribution in [0.1, 0.15) is 25.3 Å². The van der Waals surface area contributed by atoms with Crippen LogP contribution in [0.25, 0.3) is 0 Å². The first kappa shape index (κ1) is 12.0. The first-order chi connectivity index (χ1) is 8.13. The molecule has 17 heavy (non-hydrogen) atoms. The average molecular weight is 234 g/mol. The van der Waals surface area contributed by atoms with E-state index in [1.807, 2.05) is 31.2 Å². The van der Waals surface area contributed by atoms with Crippen molar-refractivity contribution in [1.29, 1.82) is 0 Å². The summed E-state index contributed by atoms with van der Waals surface area (Å²) in [5.41, 5.74) is -0.00656. The minimum absolute atomic E-state index is 0.561. The van der Waals surface area contributed by atoms with E-state index in [2.05, 4.69) is 6.58 Å². The van der Waals surface area contributed by atoms with Gasteiger partial charge >= 0.3 is 0 Å². The number of hydrogen-bond acceptors (Lipinski definition) is 3. The van der Waals surface area contributed by atoms with Crippen LogP contribution in [0, 0.1) is 0 Å². The number of hydrogen-bond donors (Lipinski definition) is 1. The molecule has 0 amide bonds. The lowest BCUT2D eigenvalue weighted by Gasteiger charge is -2.26. The third-order valence-electron chi connectivity index (χ3n) is 3.00. The van der Waals surface area contributed by atoms with Gasteiger partial charge < -0.3 is 14.6 Å². The molecule has 1 N–H and O–H groups in total. The van der Waals surface area contributed by atoms with Crippen molar-refractivity contribution < 1.29 is 14.6 Å². The second kappa shape index (κ2) is 4.80. The van der Waals surface area contributed by atoms with E-state index < -0.39 is 5.60 Å². The maximum absolute atomic E-state index is 10.4. The molecule has 3 heteroatoms. The molecule has 1 aromatic rings. The van der Waals surface area contributed by atoms with E-state index >= 15 is 0 Å². The fourth-order valence-electron chi connectivity index (χ4n) is 1.91. The van der Waals surface area contributed by atoms with Crippen LogP contribution in [0.3, 0.4) is 0 Å². The molecule has 1 aromatic carbocycles. The first-order valence-corrected chi connectivity index (χ1v) is 5.87. The Balaban J connectivity index is 2.23. The van der Waals surface area contributed by atoms with Crippen LogP contribution in [0.5, 0.6) is 11.5 Å². The molecule has 0 fully saturated rings. The molecule has 0 saturated carbocycles. The van der Waals surface area contributed by atoms with Gasteiger partial charge in [-0.2, -0.15) is 0 Å². The molecule has 0 radical (unpaired) electrons. The molecular formula is C14H18O3. The molecule has 3 nitrogen and oxygen atoms in total. The van der Waals surface area contributed by atoms with Crippen LogP contribution in [0.15, 0.2) is 30.9 Å². The lowest BCUT2D eigenvalue weighted by atomic mass is 9.91. The standard InChI is InChI=1S/C14H18O3/c1-3-4-7-14(2,15)11-5-6-12-13(10-11)17-9-8-16-12/h3,5-6,10,15H,1,4,7-9H2,2H3. The van der Waals surface area contributed by atoms with Crippen LogP contribution >= 0.6 is 0 Å². The van der Waals surface area contributed by atoms with E-state index in [-0.39, 0.29) is 0 Å². The van der Waals surface area contributed by atoms with Gasteiger partial charge in [-0.05, 0) is 37.5 Å². The van der Waals surface area contributed by atoms with Gasteiger partial charge in [-0.3, -0.25) is 0 Å². The van der Waals surface area contributed by atoms with Crippen molar-refractivity contribution in [2.24, 2.45) is 0 Å². The number of allylic oxidation sites excluding steroid dienone is 1. The summed E-state index contributed by atoms with van der Waals surface area (Å²) in [5, 5.41) is 10.4. The highest BCUT2D eigenvalue weighted by Gasteiger charge is 2.24. The number of aliphatic hydroxyl groups is 1. The minimum Gasteiger partial charge on any atom is -0.486 e. The Labute approximate surface area is 102 Å². The summed E-state index contributed by atoms with van der Waals surface area (Å²) in [7, 11) is 0. The maximum atomic E-state index is 10.4. The fourth-order valence-corrected chi connectivity index (χ4v) is 1.91. The smallest absolute Gasteiger partial charge is 0.161 e. The van der Waals surface area contributed by atoms with Crippen LogP contribution < -0.4 is 9.47 Å². The monoisotopic (exact) mass is 234 g/mol. The topological polar surface area (TPSA) is 38.7 Å². The summed E-state index contributed by atoms with van der Waals surface area (Å²) < 4.78 is 11.0. The lowest BCUT2D eigenvalue weighted by Crippen LogP contribution is -2.22. The molecular weight excluding hydrogens is 216 g/mol. The highest BCUT2D eigenvalue weighted by atomic mass is 16.6. The molecule has 2 rings (SSSR count). The molecule has 1 unspecified atom stereocenters. The minimum atomic E-state index is -0.857. The Bertz CT molecular complexity index is 410. The van der Waals surface area contributed by atoms with Gasteiger partial charge in [-0.15, -0.1) is 6.58 Å². The van der Waals surface area contributed by atoms with Gasteiger partial charge in [0.15, 0.2) is 11.5 Å². The molecule has 1 atom stereocenters. The van der Waals surface area contributed by atoms with Crippen molar-refractivity contribution in [3.63, 3.8) is 0 Å². The quantitative estimate of drug-likeness (QED) is 0.814. The molecule has 1 aliphatic rings. The van der Waals surface area contributed by atoms with Gasteiger partial charge in [0.1, 0.15) is 13.2 Å². The molecule has 1 heterocycles. The van der Waals surface area contributed by atoms with Gasteiger partial charge in [0, 0.05) is 0 Å². The summed E-state index contributed by atoms with van der Waals surface area (Å²) in [6.07, 6.45) is 3.24. The molecule has 0 aliphatic carbocycles. The SMILES string of the molecule is C=CCCC(C)(O)c1ccc2c(c1)OCCO2. The second-order valence-electron chi connectivity index (χ2n) is 4.46. The Hall–Kier alpha value is -1.48. The Kier molecular flexibility index (Phi) is 3.38. The van der Waals surface area contributed by atoms with Crippen molar-refractivity contribution in [1.82, 2.24) is 0 Å². The highest BCUT2D eigenvalue weighted by Crippen LogP contribution is 2.35. The third kappa shape index (κ3) is 2.61. The molecule has 0 bridgehead atoms. The van der Waals surface area contributed by atoms with E-state index in [0.29, 0.717) is 25.4 Å². The van der Waals surface area contributed by atoms with Crippen molar-refractivity contribution in [2.45, 2.75) is 25.4 Å². The number of fused-ring (bicyclic) bond motifs is 1. The Morgan fingerprint density at radius 1 is 1.35 bits per heavy atom. The normalized spacial score (nSPS) is 17.3. The maximum Gasteiger partial charge on any atom is 0.161 e. The van der Waals surface area contributed by atoms with Gasteiger partial charge in [0.2, 0.25) is 0 Å². The average Bonchev–Trinajstić information content (AvgIpc) is 2.36. The zero-order valence-corrected chi connectivity index (χ0v) is 10.1. The van der Waals surface area contributed by atoms with E-state index in [9.17, 15) is 5.11 Å². The summed E-state index contributed by atoms with van der Waals surface area (Å²) in [4.78, 5) is 0. The summed E-state index contributed by atoms with van der Waals surface area (Å²) >= 11 is 0. The van der Waals surface area contributed by atoms with Crippen LogP contribution in [0.4, 0.5) is 0 Å². The number of ether oxygens (including phenoxy) is 2. The first-order valence-electron chi connectivity index (χ1n) is 5.87. The largest absolute Gasteiger partial charge is 0.486 e. The van der Waals surface area contributed by atoms with Gasteiger partial charge in [-0.25, -0.2) is 0 Å². The van der Waals surface area contributed by atoms with Crippen LogP contribution in [0.2, 0.25) is 0 Å². The number of rotatable bonds is 4.